The molecule has 0 amide bonds. The smallest absolute Gasteiger partial charge is 0.354 e. The number of aliphatic hydroxyl groups excluding tert-OH is 1. The van der Waals surface area contributed by atoms with E-state index in [0.717, 1.165) is 17.8 Å². The van der Waals surface area contributed by atoms with E-state index in [1.165, 1.54) is 6.07 Å². The maximum atomic E-state index is 10.9. The second-order valence-corrected chi connectivity index (χ2v) is 4.32. The topological polar surface area (TPSA) is 94.5 Å². The van der Waals surface area contributed by atoms with Crippen LogP contribution in [0.2, 0.25) is 0 Å². The molecule has 0 bridgehead atoms. The number of aromatic carboxylic acids is 1. The molecule has 0 spiro atoms. The monoisotopic (exact) mass is 251 g/mol. The van der Waals surface area contributed by atoms with E-state index in [-0.39, 0.29) is 18.3 Å². The van der Waals surface area contributed by atoms with E-state index in [1.54, 1.807) is 0 Å². The first-order valence-corrected chi connectivity index (χ1v) is 5.97. The van der Waals surface area contributed by atoms with Crippen LogP contribution in [0.4, 0.5) is 0 Å². The Kier molecular flexibility index (Phi) is 4.24. The first-order valence-electron chi connectivity index (χ1n) is 5.97. The molecule has 98 valence electrons. The number of fused-ring (bicyclic) bond motifs is 1. The van der Waals surface area contributed by atoms with Crippen LogP contribution in [0.3, 0.4) is 0 Å². The molecule has 6 nitrogen and oxygen atoms in total. The van der Waals surface area contributed by atoms with Gasteiger partial charge in [-0.1, -0.05) is 6.07 Å². The molecule has 1 unspecified atom stereocenters. The van der Waals surface area contributed by atoms with Crippen molar-refractivity contribution in [1.82, 2.24) is 15.6 Å². The zero-order valence-electron chi connectivity index (χ0n) is 10.0. The third-order valence-electron chi connectivity index (χ3n) is 2.99. The normalized spacial score (nSPS) is 18.4. The number of hydrogen-bond acceptors (Lipinski definition) is 5. The molecule has 1 aliphatic rings. The molecule has 2 heterocycles. The second kappa shape index (κ2) is 5.90. The maximum absolute atomic E-state index is 10.9. The van der Waals surface area contributed by atoms with Crippen molar-refractivity contribution in [2.75, 3.05) is 19.7 Å². The van der Waals surface area contributed by atoms with Gasteiger partial charge in [0, 0.05) is 37.8 Å². The van der Waals surface area contributed by atoms with E-state index < -0.39 is 5.97 Å². The Bertz CT molecular complexity index is 437. The Balaban J connectivity index is 2.02. The third kappa shape index (κ3) is 3.04. The molecular formula is C12H17N3O3. The summed E-state index contributed by atoms with van der Waals surface area (Å²) in [5, 5.41) is 24.1. The average Bonchev–Trinajstić information content (AvgIpc) is 2.38. The van der Waals surface area contributed by atoms with Crippen LogP contribution >= 0.6 is 0 Å². The summed E-state index contributed by atoms with van der Waals surface area (Å²) in [6.45, 7) is 2.12. The number of carboxylic acid groups (broad SMARTS) is 1. The van der Waals surface area contributed by atoms with Gasteiger partial charge in [0.05, 0.1) is 6.61 Å². The summed E-state index contributed by atoms with van der Waals surface area (Å²) >= 11 is 0. The number of hydrogen-bond donors (Lipinski definition) is 4. The summed E-state index contributed by atoms with van der Waals surface area (Å²) in [5.41, 5.74) is 2.00. The summed E-state index contributed by atoms with van der Waals surface area (Å²) in [5.74, 6) is -0.994. The summed E-state index contributed by atoms with van der Waals surface area (Å²) in [7, 11) is 0. The number of carboxylic acids is 1. The van der Waals surface area contributed by atoms with Crippen LogP contribution < -0.4 is 10.6 Å². The molecule has 0 aromatic carbocycles. The molecule has 4 N–H and O–H groups in total. The van der Waals surface area contributed by atoms with E-state index in [2.05, 4.69) is 15.6 Å². The fraction of sp³-hybridized carbons (Fsp3) is 0.500. The Morgan fingerprint density at radius 2 is 2.39 bits per heavy atom. The second-order valence-electron chi connectivity index (χ2n) is 4.32. The van der Waals surface area contributed by atoms with Gasteiger partial charge in [0.25, 0.3) is 0 Å². The zero-order valence-corrected chi connectivity index (χ0v) is 10.0. The molecule has 0 saturated heterocycles. The van der Waals surface area contributed by atoms with Gasteiger partial charge >= 0.3 is 5.97 Å². The van der Waals surface area contributed by atoms with Crippen LogP contribution in [0.1, 0.15) is 21.7 Å². The highest BCUT2D eigenvalue weighted by atomic mass is 16.4. The Morgan fingerprint density at radius 1 is 1.56 bits per heavy atom. The number of rotatable bonds is 5. The van der Waals surface area contributed by atoms with Gasteiger partial charge in [-0.05, 0) is 11.6 Å². The van der Waals surface area contributed by atoms with Gasteiger partial charge in [0.2, 0.25) is 0 Å². The van der Waals surface area contributed by atoms with Gasteiger partial charge in [-0.3, -0.25) is 0 Å². The third-order valence-corrected chi connectivity index (χ3v) is 2.99. The van der Waals surface area contributed by atoms with Crippen LogP contribution in [0.5, 0.6) is 0 Å². The molecule has 0 saturated carbocycles. The number of pyridine rings is 1. The minimum absolute atomic E-state index is 0.0951. The summed E-state index contributed by atoms with van der Waals surface area (Å²) in [6, 6.07) is 3.57. The van der Waals surface area contributed by atoms with Crippen LogP contribution in [0, 0.1) is 0 Å². The molecule has 2 rings (SSSR count). The lowest BCUT2D eigenvalue weighted by atomic mass is 10.0. The van der Waals surface area contributed by atoms with E-state index in [4.69, 9.17) is 10.2 Å². The molecule has 0 fully saturated rings. The highest BCUT2D eigenvalue weighted by Crippen LogP contribution is 2.15. The van der Waals surface area contributed by atoms with E-state index in [0.29, 0.717) is 19.5 Å². The molecule has 1 aromatic heterocycles. The van der Waals surface area contributed by atoms with Crippen LogP contribution in [0.25, 0.3) is 0 Å². The fourth-order valence-corrected chi connectivity index (χ4v) is 2.05. The van der Waals surface area contributed by atoms with Crippen molar-refractivity contribution >= 4 is 5.97 Å². The van der Waals surface area contributed by atoms with Crippen molar-refractivity contribution < 1.29 is 15.0 Å². The van der Waals surface area contributed by atoms with Crippen molar-refractivity contribution in [3.8, 4) is 0 Å². The van der Waals surface area contributed by atoms with Crippen LogP contribution in [0.15, 0.2) is 12.1 Å². The predicted octanol–water partition coefficient (Wildman–Crippen LogP) is -0.624. The zero-order chi connectivity index (χ0) is 13.0. The Morgan fingerprint density at radius 3 is 3.11 bits per heavy atom. The molecule has 0 aliphatic carbocycles. The summed E-state index contributed by atoms with van der Waals surface area (Å²) in [4.78, 5) is 15.0. The largest absolute Gasteiger partial charge is 0.477 e. The fourth-order valence-electron chi connectivity index (χ4n) is 2.05. The molecule has 1 aliphatic heterocycles. The van der Waals surface area contributed by atoms with Gasteiger partial charge in [-0.2, -0.15) is 0 Å². The minimum Gasteiger partial charge on any atom is -0.477 e. The summed E-state index contributed by atoms with van der Waals surface area (Å²) in [6.07, 6.45) is 0.703. The molecule has 1 aromatic rings. The standard InChI is InChI=1S/C12H17N3O3/c16-4-3-13-7-9-5-11-8(6-14-9)1-2-10(15-11)12(17)18/h1-2,9,13-14,16H,3-7H2,(H,17,18). The highest BCUT2D eigenvalue weighted by molar-refractivity contribution is 5.85. The predicted molar refractivity (Wildman–Crippen MR) is 65.5 cm³/mol. The van der Waals surface area contributed by atoms with Crippen molar-refractivity contribution in [3.05, 3.63) is 29.1 Å². The first-order chi connectivity index (χ1) is 8.70. The Labute approximate surface area is 105 Å². The van der Waals surface area contributed by atoms with Gasteiger partial charge in [0.15, 0.2) is 0 Å². The summed E-state index contributed by atoms with van der Waals surface area (Å²) < 4.78 is 0. The van der Waals surface area contributed by atoms with E-state index in [9.17, 15) is 4.79 Å². The lowest BCUT2D eigenvalue weighted by Gasteiger charge is -2.25. The molecular weight excluding hydrogens is 234 g/mol. The van der Waals surface area contributed by atoms with Crippen LogP contribution in [-0.4, -0.2) is 46.9 Å². The lowest BCUT2D eigenvalue weighted by molar-refractivity contribution is 0.0690. The number of nitrogens with zero attached hydrogens (tertiary/aromatic N) is 1. The van der Waals surface area contributed by atoms with Gasteiger partial charge in [-0.15, -0.1) is 0 Å². The van der Waals surface area contributed by atoms with Gasteiger partial charge in [-0.25, -0.2) is 9.78 Å². The number of carbonyl (C=O) groups is 1. The average molecular weight is 251 g/mol. The number of aromatic nitrogens is 1. The van der Waals surface area contributed by atoms with Crippen LogP contribution in [-0.2, 0) is 13.0 Å². The lowest BCUT2D eigenvalue weighted by Crippen LogP contribution is -2.44. The van der Waals surface area contributed by atoms with Crippen molar-refractivity contribution in [2.45, 2.75) is 19.0 Å². The molecule has 18 heavy (non-hydrogen) atoms. The van der Waals surface area contributed by atoms with Crippen molar-refractivity contribution in [2.24, 2.45) is 0 Å². The van der Waals surface area contributed by atoms with Gasteiger partial charge in [0.1, 0.15) is 5.69 Å². The molecule has 1 atom stereocenters. The quantitative estimate of drug-likeness (QED) is 0.521. The molecule has 0 radical (unpaired) electrons. The van der Waals surface area contributed by atoms with E-state index >= 15 is 0 Å². The van der Waals surface area contributed by atoms with Crippen molar-refractivity contribution in [1.29, 1.82) is 0 Å². The van der Waals surface area contributed by atoms with E-state index in [1.807, 2.05) is 6.07 Å². The van der Waals surface area contributed by atoms with Gasteiger partial charge < -0.3 is 20.8 Å². The highest BCUT2D eigenvalue weighted by Gasteiger charge is 2.20. The number of aliphatic hydroxyl groups is 1. The maximum Gasteiger partial charge on any atom is 0.354 e. The first kappa shape index (κ1) is 12.9. The Hall–Kier alpha value is -1.50. The minimum atomic E-state index is -0.994. The number of nitrogens with one attached hydrogen (secondary N) is 2. The SMILES string of the molecule is O=C(O)c1ccc2c(n1)CC(CNCCO)NC2. The van der Waals surface area contributed by atoms with Crippen molar-refractivity contribution in [3.63, 3.8) is 0 Å². The molecule has 6 heteroatoms.